The molecule has 0 radical (unpaired) electrons. The lowest BCUT2D eigenvalue weighted by Crippen LogP contribution is -2.31. The average Bonchev–Trinajstić information content (AvgIpc) is 2.77. The number of nitrogens with one attached hydrogen (secondary N) is 1. The Bertz CT molecular complexity index is 333. The van der Waals surface area contributed by atoms with Crippen molar-refractivity contribution in [3.05, 3.63) is 24.2 Å². The zero-order chi connectivity index (χ0) is 11.8. The lowest BCUT2D eigenvalue weighted by atomic mass is 10.5. The van der Waals surface area contributed by atoms with E-state index in [9.17, 15) is 9.59 Å². The predicted molar refractivity (Wildman–Crippen MR) is 53.5 cm³/mol. The molecule has 1 rings (SSSR count). The molecule has 0 aliphatic rings. The fourth-order valence-electron chi connectivity index (χ4n) is 0.924. The van der Waals surface area contributed by atoms with Gasteiger partial charge >= 0.3 is 12.1 Å². The number of ether oxygens (including phenoxy) is 2. The molecule has 1 aromatic rings. The van der Waals surface area contributed by atoms with Crippen molar-refractivity contribution in [1.29, 1.82) is 0 Å². The van der Waals surface area contributed by atoms with Crippen molar-refractivity contribution in [1.82, 2.24) is 5.32 Å². The second-order valence-corrected chi connectivity index (χ2v) is 2.81. The Balaban J connectivity index is 2.14. The number of hydrogen-bond acceptors (Lipinski definition) is 5. The molecule has 1 aromatic heterocycles. The van der Waals surface area contributed by atoms with Gasteiger partial charge in [0.1, 0.15) is 18.9 Å². The van der Waals surface area contributed by atoms with Gasteiger partial charge in [-0.1, -0.05) is 0 Å². The highest BCUT2D eigenvalue weighted by Gasteiger charge is 2.07. The molecule has 0 fully saturated rings. The summed E-state index contributed by atoms with van der Waals surface area (Å²) in [4.78, 5) is 21.9. The molecule has 0 atom stereocenters. The van der Waals surface area contributed by atoms with Gasteiger partial charge in [-0.05, 0) is 19.1 Å². The molecule has 88 valence electrons. The molecule has 1 amide bonds. The fourth-order valence-corrected chi connectivity index (χ4v) is 0.924. The third kappa shape index (κ3) is 4.50. The minimum Gasteiger partial charge on any atom is -0.466 e. The van der Waals surface area contributed by atoms with Gasteiger partial charge in [-0.15, -0.1) is 0 Å². The van der Waals surface area contributed by atoms with Crippen molar-refractivity contribution in [2.45, 2.75) is 13.5 Å². The molecule has 0 bridgehead atoms. The van der Waals surface area contributed by atoms with E-state index in [1.807, 2.05) is 0 Å². The van der Waals surface area contributed by atoms with E-state index in [2.05, 4.69) is 10.1 Å². The highest BCUT2D eigenvalue weighted by Crippen LogP contribution is 2.01. The third-order valence-electron chi connectivity index (χ3n) is 1.61. The van der Waals surface area contributed by atoms with Gasteiger partial charge in [0.2, 0.25) is 0 Å². The van der Waals surface area contributed by atoms with E-state index in [0.717, 1.165) is 0 Å². The Hall–Kier alpha value is -1.98. The van der Waals surface area contributed by atoms with E-state index in [-0.39, 0.29) is 19.8 Å². The summed E-state index contributed by atoms with van der Waals surface area (Å²) in [6.45, 7) is 1.76. The van der Waals surface area contributed by atoms with Crippen LogP contribution < -0.4 is 5.32 Å². The minimum absolute atomic E-state index is 0.0519. The minimum atomic E-state index is -0.641. The van der Waals surface area contributed by atoms with E-state index in [1.165, 1.54) is 6.26 Å². The van der Waals surface area contributed by atoms with Crippen molar-refractivity contribution in [2.75, 3.05) is 13.2 Å². The normalized spacial score (nSPS) is 9.56. The number of hydrogen-bond donors (Lipinski definition) is 1. The molecule has 1 N–H and O–H groups in total. The quantitative estimate of drug-likeness (QED) is 0.761. The van der Waals surface area contributed by atoms with Gasteiger partial charge in [0.05, 0.1) is 12.9 Å². The molecule has 0 spiro atoms. The van der Waals surface area contributed by atoms with Gasteiger partial charge in [-0.2, -0.15) is 0 Å². The molecule has 0 saturated heterocycles. The number of carbonyl (C=O) groups is 2. The number of esters is 1. The lowest BCUT2D eigenvalue weighted by molar-refractivity contribution is -0.144. The summed E-state index contributed by atoms with van der Waals surface area (Å²) in [5, 5.41) is 2.25. The van der Waals surface area contributed by atoms with Crippen LogP contribution in [0.2, 0.25) is 0 Å². The van der Waals surface area contributed by atoms with Crippen LogP contribution >= 0.6 is 0 Å². The van der Waals surface area contributed by atoms with E-state index in [1.54, 1.807) is 19.1 Å². The molecule has 16 heavy (non-hydrogen) atoms. The van der Waals surface area contributed by atoms with Crippen molar-refractivity contribution < 1.29 is 23.5 Å². The van der Waals surface area contributed by atoms with Crippen LogP contribution in [0.25, 0.3) is 0 Å². The van der Waals surface area contributed by atoms with Gasteiger partial charge in [0, 0.05) is 0 Å². The molecule has 0 saturated carbocycles. The standard InChI is InChI=1S/C10H13NO5/c1-2-14-10(13)11-6-9(12)16-7-8-4-3-5-15-8/h3-5H,2,6-7H2,1H3,(H,11,13). The summed E-state index contributed by atoms with van der Waals surface area (Å²) in [5.41, 5.74) is 0. The van der Waals surface area contributed by atoms with Crippen molar-refractivity contribution in [3.8, 4) is 0 Å². The Morgan fingerprint density at radius 3 is 2.88 bits per heavy atom. The first kappa shape index (κ1) is 12.1. The second-order valence-electron chi connectivity index (χ2n) is 2.81. The molecule has 0 unspecified atom stereocenters. The van der Waals surface area contributed by atoms with E-state index in [0.29, 0.717) is 5.76 Å². The van der Waals surface area contributed by atoms with Gasteiger partial charge in [0.15, 0.2) is 0 Å². The molecule has 0 aliphatic heterocycles. The van der Waals surface area contributed by atoms with Gasteiger partial charge < -0.3 is 19.2 Å². The van der Waals surface area contributed by atoms with Crippen LogP contribution in [-0.2, 0) is 20.9 Å². The third-order valence-corrected chi connectivity index (χ3v) is 1.61. The highest BCUT2D eigenvalue weighted by atomic mass is 16.6. The maximum Gasteiger partial charge on any atom is 0.407 e. The van der Waals surface area contributed by atoms with Crippen molar-refractivity contribution >= 4 is 12.1 Å². The molecule has 0 aliphatic carbocycles. The number of alkyl carbamates (subject to hydrolysis) is 1. The fraction of sp³-hybridized carbons (Fsp3) is 0.400. The molecule has 6 nitrogen and oxygen atoms in total. The van der Waals surface area contributed by atoms with Crippen molar-refractivity contribution in [3.63, 3.8) is 0 Å². The zero-order valence-electron chi connectivity index (χ0n) is 8.89. The molecular weight excluding hydrogens is 214 g/mol. The largest absolute Gasteiger partial charge is 0.466 e. The number of carbonyl (C=O) groups excluding carboxylic acids is 2. The lowest BCUT2D eigenvalue weighted by Gasteiger charge is -2.05. The molecule has 6 heteroatoms. The highest BCUT2D eigenvalue weighted by molar-refractivity contribution is 5.77. The maximum atomic E-state index is 11.1. The molecular formula is C10H13NO5. The maximum absolute atomic E-state index is 11.1. The number of rotatable bonds is 5. The molecule has 0 aromatic carbocycles. The van der Waals surface area contributed by atoms with Gasteiger partial charge in [-0.25, -0.2) is 4.79 Å². The second kappa shape index (κ2) is 6.49. The van der Waals surface area contributed by atoms with Crippen LogP contribution in [0.3, 0.4) is 0 Å². The van der Waals surface area contributed by atoms with Crippen LogP contribution in [0.15, 0.2) is 22.8 Å². The van der Waals surface area contributed by atoms with Gasteiger partial charge in [0.25, 0.3) is 0 Å². The number of furan rings is 1. The van der Waals surface area contributed by atoms with Crippen LogP contribution in [0.5, 0.6) is 0 Å². The summed E-state index contributed by atoms with van der Waals surface area (Å²) < 4.78 is 14.3. The Labute approximate surface area is 92.5 Å². The Morgan fingerprint density at radius 1 is 1.44 bits per heavy atom. The first-order valence-electron chi connectivity index (χ1n) is 4.81. The van der Waals surface area contributed by atoms with Crippen LogP contribution in [-0.4, -0.2) is 25.2 Å². The van der Waals surface area contributed by atoms with E-state index in [4.69, 9.17) is 9.15 Å². The summed E-state index contributed by atoms with van der Waals surface area (Å²) in [5.74, 6) is -0.00561. The summed E-state index contributed by atoms with van der Waals surface area (Å²) in [6, 6.07) is 3.38. The Kier molecular flexibility index (Phi) is 4.91. The topological polar surface area (TPSA) is 77.8 Å². The van der Waals surface area contributed by atoms with E-state index < -0.39 is 12.1 Å². The summed E-state index contributed by atoms with van der Waals surface area (Å²) >= 11 is 0. The van der Waals surface area contributed by atoms with Crippen LogP contribution in [0.1, 0.15) is 12.7 Å². The first-order chi connectivity index (χ1) is 7.72. The van der Waals surface area contributed by atoms with Crippen LogP contribution in [0, 0.1) is 0 Å². The predicted octanol–water partition coefficient (Wildman–Crippen LogP) is 1.07. The van der Waals surface area contributed by atoms with Crippen molar-refractivity contribution in [2.24, 2.45) is 0 Å². The monoisotopic (exact) mass is 227 g/mol. The smallest absolute Gasteiger partial charge is 0.407 e. The molecule has 1 heterocycles. The number of amides is 1. The SMILES string of the molecule is CCOC(=O)NCC(=O)OCc1ccco1. The Morgan fingerprint density at radius 2 is 2.25 bits per heavy atom. The zero-order valence-corrected chi connectivity index (χ0v) is 8.89. The first-order valence-corrected chi connectivity index (χ1v) is 4.81. The van der Waals surface area contributed by atoms with Gasteiger partial charge in [-0.3, -0.25) is 4.79 Å². The van der Waals surface area contributed by atoms with Crippen LogP contribution in [0.4, 0.5) is 4.79 Å². The van der Waals surface area contributed by atoms with E-state index >= 15 is 0 Å². The summed E-state index contributed by atoms with van der Waals surface area (Å²) in [7, 11) is 0. The summed E-state index contributed by atoms with van der Waals surface area (Å²) in [6.07, 6.45) is 0.845. The average molecular weight is 227 g/mol.